The molecule has 0 saturated heterocycles. The van der Waals surface area contributed by atoms with Crippen molar-refractivity contribution in [2.75, 3.05) is 7.05 Å². The van der Waals surface area contributed by atoms with Gasteiger partial charge in [-0.1, -0.05) is 0 Å². The second-order valence-corrected chi connectivity index (χ2v) is 4.69. The van der Waals surface area contributed by atoms with Gasteiger partial charge in [0.05, 0.1) is 6.20 Å². The predicted molar refractivity (Wildman–Crippen MR) is 67.3 cm³/mol. The van der Waals surface area contributed by atoms with Crippen molar-refractivity contribution in [3.8, 4) is 0 Å². The van der Waals surface area contributed by atoms with Crippen LogP contribution in [0.5, 0.6) is 0 Å². The third kappa shape index (κ3) is 2.14. The van der Waals surface area contributed by atoms with E-state index in [1.807, 2.05) is 16.8 Å². The number of ether oxygens (including phenoxy) is 1. The summed E-state index contributed by atoms with van der Waals surface area (Å²) in [5, 5.41) is 3.22. The average Bonchev–Trinajstić information content (AvgIpc) is 2.75. The summed E-state index contributed by atoms with van der Waals surface area (Å²) in [6, 6.07) is 3.57. The first-order valence-electron chi connectivity index (χ1n) is 6.18. The normalized spacial score (nSPS) is 22.0. The highest BCUT2D eigenvalue weighted by Crippen LogP contribution is 2.36. The van der Waals surface area contributed by atoms with E-state index in [0.29, 0.717) is 0 Å². The fraction of sp³-hybridized carbons (Fsp3) is 0.385. The zero-order valence-corrected chi connectivity index (χ0v) is 10.5. The Hall–Kier alpha value is -2.11. The summed E-state index contributed by atoms with van der Waals surface area (Å²) in [6.07, 6.45) is 4.18. The predicted octanol–water partition coefficient (Wildman–Crippen LogP) is 2.23. The largest absolute Gasteiger partial charge is 0.446 e. The first-order valence-corrected chi connectivity index (χ1v) is 6.18. The van der Waals surface area contributed by atoms with Crippen LogP contribution in [0.3, 0.4) is 0 Å². The third-order valence-corrected chi connectivity index (χ3v) is 3.46. The minimum Gasteiger partial charge on any atom is -0.446 e. The van der Waals surface area contributed by atoms with Gasteiger partial charge < -0.3 is 14.6 Å². The van der Waals surface area contributed by atoms with Crippen molar-refractivity contribution in [1.82, 2.24) is 14.9 Å². The van der Waals surface area contributed by atoms with E-state index in [1.54, 1.807) is 0 Å². The molecule has 2 aromatic rings. The number of nitrogens with zero attached hydrogens (tertiary/aromatic N) is 2. The lowest BCUT2D eigenvalue weighted by Crippen LogP contribution is -2.37. The fourth-order valence-corrected chi connectivity index (χ4v) is 2.38. The van der Waals surface area contributed by atoms with Crippen LogP contribution >= 0.6 is 0 Å². The van der Waals surface area contributed by atoms with Gasteiger partial charge in [0.25, 0.3) is 0 Å². The molecule has 0 unspecified atom stereocenters. The smallest absolute Gasteiger partial charge is 0.407 e. The highest BCUT2D eigenvalue weighted by Gasteiger charge is 2.33. The summed E-state index contributed by atoms with van der Waals surface area (Å²) in [7, 11) is 1.54. The van der Waals surface area contributed by atoms with Gasteiger partial charge in [-0.2, -0.15) is 0 Å². The second-order valence-electron chi connectivity index (χ2n) is 4.69. The van der Waals surface area contributed by atoms with Crippen LogP contribution < -0.4 is 5.32 Å². The first-order chi connectivity index (χ1) is 9.17. The summed E-state index contributed by atoms with van der Waals surface area (Å²) < 4.78 is 20.2. The van der Waals surface area contributed by atoms with E-state index in [-0.39, 0.29) is 18.0 Å². The number of nitrogens with one attached hydrogen (secondary N) is 1. The number of carbonyl (C=O) groups is 1. The molecule has 1 saturated carbocycles. The number of halogens is 1. The number of amides is 1. The number of aromatic nitrogens is 2. The molecular formula is C13H14FN3O2. The lowest BCUT2D eigenvalue weighted by molar-refractivity contribution is 0.0239. The zero-order chi connectivity index (χ0) is 13.4. The number of rotatable bonds is 2. The SMILES string of the molecule is CNC(=O)OC1CC(n2ccc3cc(F)cnc32)C1. The molecule has 2 aromatic heterocycles. The van der Waals surface area contributed by atoms with Crippen molar-refractivity contribution in [3.05, 3.63) is 30.3 Å². The minimum absolute atomic E-state index is 0.0529. The average molecular weight is 263 g/mol. The molecule has 1 aliphatic carbocycles. The molecule has 0 atom stereocenters. The molecule has 1 N–H and O–H groups in total. The standard InChI is InChI=1S/C13H14FN3O2/c1-15-13(18)19-11-5-10(6-11)17-3-2-8-4-9(14)7-16-12(8)17/h2-4,7,10-11H,5-6H2,1H3,(H,15,18). The van der Waals surface area contributed by atoms with Crippen LogP contribution in [0.1, 0.15) is 18.9 Å². The summed E-state index contributed by atoms with van der Waals surface area (Å²) in [4.78, 5) is 15.2. The van der Waals surface area contributed by atoms with E-state index >= 15 is 0 Å². The Bertz CT molecular complexity index is 619. The molecule has 0 aliphatic heterocycles. The highest BCUT2D eigenvalue weighted by atomic mass is 19.1. The van der Waals surface area contributed by atoms with Gasteiger partial charge in [-0.15, -0.1) is 0 Å². The van der Waals surface area contributed by atoms with Crippen LogP contribution in [0.4, 0.5) is 9.18 Å². The van der Waals surface area contributed by atoms with Crippen LogP contribution in [0.25, 0.3) is 11.0 Å². The zero-order valence-electron chi connectivity index (χ0n) is 10.5. The van der Waals surface area contributed by atoms with Crippen LogP contribution in [0.15, 0.2) is 24.5 Å². The van der Waals surface area contributed by atoms with E-state index in [2.05, 4.69) is 10.3 Å². The fourth-order valence-electron chi connectivity index (χ4n) is 2.38. The van der Waals surface area contributed by atoms with Crippen LogP contribution in [0.2, 0.25) is 0 Å². The first kappa shape index (κ1) is 12.0. The molecule has 1 amide bonds. The maximum atomic E-state index is 13.1. The van der Waals surface area contributed by atoms with Gasteiger partial charge in [0, 0.05) is 37.5 Å². The molecule has 0 spiro atoms. The Labute approximate surface area is 109 Å². The summed E-state index contributed by atoms with van der Waals surface area (Å²) in [6.45, 7) is 0. The van der Waals surface area contributed by atoms with E-state index in [1.165, 1.54) is 19.3 Å². The molecule has 1 aliphatic rings. The molecule has 0 aromatic carbocycles. The van der Waals surface area contributed by atoms with Gasteiger partial charge in [0.1, 0.15) is 17.6 Å². The van der Waals surface area contributed by atoms with Gasteiger partial charge in [-0.05, 0) is 12.1 Å². The lowest BCUT2D eigenvalue weighted by atomic mass is 9.89. The maximum Gasteiger partial charge on any atom is 0.407 e. The van der Waals surface area contributed by atoms with Crippen molar-refractivity contribution in [2.45, 2.75) is 25.0 Å². The van der Waals surface area contributed by atoms with Gasteiger partial charge in [0.2, 0.25) is 0 Å². The Kier molecular flexibility index (Phi) is 2.85. The Morgan fingerprint density at radius 3 is 3.11 bits per heavy atom. The van der Waals surface area contributed by atoms with E-state index < -0.39 is 6.09 Å². The van der Waals surface area contributed by atoms with Gasteiger partial charge in [-0.25, -0.2) is 14.2 Å². The van der Waals surface area contributed by atoms with Crippen LogP contribution in [-0.2, 0) is 4.74 Å². The van der Waals surface area contributed by atoms with Crippen LogP contribution in [0, 0.1) is 5.82 Å². The molecule has 19 heavy (non-hydrogen) atoms. The number of hydrogen-bond acceptors (Lipinski definition) is 3. The van der Waals surface area contributed by atoms with Crippen molar-refractivity contribution in [1.29, 1.82) is 0 Å². The van der Waals surface area contributed by atoms with E-state index in [9.17, 15) is 9.18 Å². The Morgan fingerprint density at radius 1 is 1.58 bits per heavy atom. The van der Waals surface area contributed by atoms with Crippen LogP contribution in [-0.4, -0.2) is 28.8 Å². The van der Waals surface area contributed by atoms with Crippen molar-refractivity contribution in [3.63, 3.8) is 0 Å². The topological polar surface area (TPSA) is 56.1 Å². The molecule has 100 valence electrons. The molecule has 3 rings (SSSR count). The molecule has 6 heteroatoms. The number of fused-ring (bicyclic) bond motifs is 1. The lowest BCUT2D eigenvalue weighted by Gasteiger charge is -2.35. The third-order valence-electron chi connectivity index (χ3n) is 3.46. The quantitative estimate of drug-likeness (QED) is 0.904. The molecule has 5 nitrogen and oxygen atoms in total. The number of alkyl carbamates (subject to hydrolysis) is 1. The van der Waals surface area contributed by atoms with Crippen molar-refractivity contribution in [2.24, 2.45) is 0 Å². The Balaban J connectivity index is 1.72. The van der Waals surface area contributed by atoms with Gasteiger partial charge >= 0.3 is 6.09 Å². The number of pyridine rings is 1. The Morgan fingerprint density at radius 2 is 2.37 bits per heavy atom. The van der Waals surface area contributed by atoms with Gasteiger partial charge in [-0.3, -0.25) is 0 Å². The minimum atomic E-state index is -0.402. The molecule has 1 fully saturated rings. The van der Waals surface area contributed by atoms with Crippen molar-refractivity contribution < 1.29 is 13.9 Å². The maximum absolute atomic E-state index is 13.1. The highest BCUT2D eigenvalue weighted by molar-refractivity contribution is 5.76. The molecule has 0 radical (unpaired) electrons. The molecular weight excluding hydrogens is 249 g/mol. The number of carbonyl (C=O) groups excluding carboxylic acids is 1. The van der Waals surface area contributed by atoms with E-state index in [4.69, 9.17) is 4.74 Å². The summed E-state index contributed by atoms with van der Waals surface area (Å²) in [5.41, 5.74) is 0.768. The second kappa shape index (κ2) is 4.53. The molecule has 2 heterocycles. The van der Waals surface area contributed by atoms with Crippen molar-refractivity contribution >= 4 is 17.1 Å². The van der Waals surface area contributed by atoms with E-state index in [0.717, 1.165) is 23.9 Å². The van der Waals surface area contributed by atoms with Gasteiger partial charge in [0.15, 0.2) is 0 Å². The number of hydrogen-bond donors (Lipinski definition) is 1. The summed E-state index contributed by atoms with van der Waals surface area (Å²) >= 11 is 0. The summed E-state index contributed by atoms with van der Waals surface area (Å²) in [5.74, 6) is -0.334. The molecule has 0 bridgehead atoms. The monoisotopic (exact) mass is 263 g/mol.